The predicted octanol–water partition coefficient (Wildman–Crippen LogP) is 3.27. The van der Waals surface area contributed by atoms with E-state index in [-0.39, 0.29) is 5.78 Å². The van der Waals surface area contributed by atoms with E-state index in [2.05, 4.69) is 18.8 Å². The Labute approximate surface area is 131 Å². The summed E-state index contributed by atoms with van der Waals surface area (Å²) in [6, 6.07) is 3.74. The molecule has 4 heteroatoms. The molecule has 1 aromatic carbocycles. The monoisotopic (exact) mass is 299 g/mol. The number of aryl methyl sites for hydroxylation is 1. The smallest absolute Gasteiger partial charge is 0.329 e. The fraction of sp³-hybridized carbons (Fsp3) is 0.444. The minimum absolute atomic E-state index is 0.137. The molecule has 0 spiro atoms. The Hall–Kier alpha value is -2.28. The summed E-state index contributed by atoms with van der Waals surface area (Å²) >= 11 is 0. The normalized spacial score (nSPS) is 12.4. The number of unbranched alkanes of at least 4 members (excludes halogenated alkanes) is 2. The number of nitrogens with zero attached hydrogens (tertiary/aromatic N) is 1. The Morgan fingerprint density at radius 2 is 2.14 bits per heavy atom. The van der Waals surface area contributed by atoms with Gasteiger partial charge in [-0.25, -0.2) is 5.06 Å². The van der Waals surface area contributed by atoms with E-state index < -0.39 is 5.97 Å². The molecule has 0 atom stereocenters. The van der Waals surface area contributed by atoms with Gasteiger partial charge in [0.25, 0.3) is 0 Å². The highest BCUT2D eigenvalue weighted by Gasteiger charge is 2.23. The molecule has 22 heavy (non-hydrogen) atoms. The van der Waals surface area contributed by atoms with Crippen LogP contribution in [0.2, 0.25) is 0 Å². The zero-order chi connectivity index (χ0) is 16.1. The largest absolute Gasteiger partial charge is 0.341 e. The van der Waals surface area contributed by atoms with Gasteiger partial charge in [-0.15, -0.1) is 0 Å². The van der Waals surface area contributed by atoms with Crippen molar-refractivity contribution in [1.82, 2.24) is 0 Å². The second-order valence-corrected chi connectivity index (χ2v) is 5.44. The molecule has 1 aliphatic rings. The Balaban J connectivity index is 2.38. The van der Waals surface area contributed by atoms with E-state index >= 15 is 0 Å². The van der Waals surface area contributed by atoms with Gasteiger partial charge in [-0.2, -0.15) is 0 Å². The van der Waals surface area contributed by atoms with Gasteiger partial charge in [0, 0.05) is 32.4 Å². The summed E-state index contributed by atoms with van der Waals surface area (Å²) in [6.45, 7) is 3.48. The van der Waals surface area contributed by atoms with Gasteiger partial charge in [0.05, 0.1) is 11.3 Å². The van der Waals surface area contributed by atoms with Gasteiger partial charge in [0.15, 0.2) is 5.78 Å². The highest BCUT2D eigenvalue weighted by molar-refractivity contribution is 6.01. The first-order chi connectivity index (χ1) is 10.5. The van der Waals surface area contributed by atoms with Crippen LogP contribution in [0.3, 0.4) is 0 Å². The van der Waals surface area contributed by atoms with Gasteiger partial charge in [-0.3, -0.25) is 9.59 Å². The van der Waals surface area contributed by atoms with Crippen molar-refractivity contribution in [3.8, 4) is 11.8 Å². The lowest BCUT2D eigenvalue weighted by Crippen LogP contribution is -2.22. The molecule has 0 fully saturated rings. The van der Waals surface area contributed by atoms with Gasteiger partial charge in [0.1, 0.15) is 0 Å². The van der Waals surface area contributed by atoms with E-state index in [1.165, 1.54) is 12.0 Å². The van der Waals surface area contributed by atoms with Crippen LogP contribution in [-0.4, -0.2) is 18.8 Å². The SMILES string of the molecule is CCCCC#Cc1cc2c(cc1N(C)OC(C)=O)C(=O)CC2. The molecule has 4 nitrogen and oxygen atoms in total. The first kappa shape index (κ1) is 16.1. The summed E-state index contributed by atoms with van der Waals surface area (Å²) < 4.78 is 0. The molecule has 0 amide bonds. The molecule has 0 aromatic heterocycles. The summed E-state index contributed by atoms with van der Waals surface area (Å²) in [4.78, 5) is 28.2. The third kappa shape index (κ3) is 3.67. The van der Waals surface area contributed by atoms with Crippen molar-refractivity contribution in [2.75, 3.05) is 12.1 Å². The van der Waals surface area contributed by atoms with Crippen molar-refractivity contribution in [1.29, 1.82) is 0 Å². The number of ketones is 1. The van der Waals surface area contributed by atoms with Gasteiger partial charge >= 0.3 is 5.97 Å². The average Bonchev–Trinajstić information content (AvgIpc) is 2.83. The molecule has 0 N–H and O–H groups in total. The van der Waals surface area contributed by atoms with Crippen molar-refractivity contribution in [3.63, 3.8) is 0 Å². The van der Waals surface area contributed by atoms with Gasteiger partial charge in [-0.1, -0.05) is 25.2 Å². The van der Waals surface area contributed by atoms with Crippen LogP contribution < -0.4 is 5.06 Å². The molecule has 1 aromatic rings. The maximum absolute atomic E-state index is 11.9. The fourth-order valence-electron chi connectivity index (χ4n) is 2.51. The number of benzene rings is 1. The highest BCUT2D eigenvalue weighted by Crippen LogP contribution is 2.30. The number of fused-ring (bicyclic) bond motifs is 1. The lowest BCUT2D eigenvalue weighted by atomic mass is 10.0. The van der Waals surface area contributed by atoms with Crippen LogP contribution in [0.4, 0.5) is 5.69 Å². The molecule has 0 saturated carbocycles. The van der Waals surface area contributed by atoms with E-state index in [9.17, 15) is 9.59 Å². The average molecular weight is 299 g/mol. The minimum Gasteiger partial charge on any atom is -0.341 e. The third-order valence-electron chi connectivity index (χ3n) is 3.63. The standard InChI is InChI=1S/C18H21NO3/c1-4-5-6-7-8-15-11-14-9-10-18(21)16(14)12-17(15)19(3)22-13(2)20/h11-12H,4-6,9-10H2,1-3H3. The van der Waals surface area contributed by atoms with E-state index in [1.807, 2.05) is 6.07 Å². The van der Waals surface area contributed by atoms with Gasteiger partial charge < -0.3 is 4.84 Å². The lowest BCUT2D eigenvalue weighted by molar-refractivity contribution is -0.141. The number of Topliss-reactive ketones (excluding diaryl/α,β-unsaturated/α-hetero) is 1. The van der Waals surface area contributed by atoms with E-state index in [0.29, 0.717) is 17.7 Å². The minimum atomic E-state index is -0.404. The Morgan fingerprint density at radius 1 is 1.36 bits per heavy atom. The molecule has 1 aliphatic carbocycles. The molecule has 116 valence electrons. The number of anilines is 1. The molecule has 0 radical (unpaired) electrons. The van der Waals surface area contributed by atoms with Crippen LogP contribution >= 0.6 is 0 Å². The Kier molecular flexibility index (Phi) is 5.21. The van der Waals surface area contributed by atoms with Crippen molar-refractivity contribution < 1.29 is 14.4 Å². The van der Waals surface area contributed by atoms with Crippen LogP contribution in [0.25, 0.3) is 0 Å². The number of carbonyl (C=O) groups is 2. The molecule has 2 rings (SSSR count). The lowest BCUT2D eigenvalue weighted by Gasteiger charge is -2.19. The van der Waals surface area contributed by atoms with Crippen molar-refractivity contribution in [2.45, 2.75) is 46.0 Å². The first-order valence-corrected chi connectivity index (χ1v) is 7.64. The zero-order valence-corrected chi connectivity index (χ0v) is 13.4. The summed E-state index contributed by atoms with van der Waals surface area (Å²) in [5.74, 6) is 6.04. The van der Waals surface area contributed by atoms with E-state index in [4.69, 9.17) is 4.84 Å². The summed E-state index contributed by atoms with van der Waals surface area (Å²) in [5.41, 5.74) is 3.21. The molecule has 0 saturated heterocycles. The van der Waals surface area contributed by atoms with E-state index in [1.54, 1.807) is 13.1 Å². The molecule has 0 aliphatic heterocycles. The maximum atomic E-state index is 11.9. The zero-order valence-electron chi connectivity index (χ0n) is 13.4. The third-order valence-corrected chi connectivity index (χ3v) is 3.63. The van der Waals surface area contributed by atoms with E-state index in [0.717, 1.165) is 36.8 Å². The quantitative estimate of drug-likeness (QED) is 0.486. The number of hydrogen-bond donors (Lipinski definition) is 0. The highest BCUT2D eigenvalue weighted by atomic mass is 16.7. The van der Waals surface area contributed by atoms with Gasteiger partial charge in [0.2, 0.25) is 0 Å². The van der Waals surface area contributed by atoms with Gasteiger partial charge in [-0.05, 0) is 30.5 Å². The van der Waals surface area contributed by atoms with Crippen LogP contribution in [-0.2, 0) is 16.1 Å². The van der Waals surface area contributed by atoms with Crippen LogP contribution in [0.1, 0.15) is 61.0 Å². The summed E-state index contributed by atoms with van der Waals surface area (Å²) in [5, 5.41) is 1.39. The Morgan fingerprint density at radius 3 is 2.82 bits per heavy atom. The Bertz CT molecular complexity index is 652. The second kappa shape index (κ2) is 7.13. The second-order valence-electron chi connectivity index (χ2n) is 5.44. The van der Waals surface area contributed by atoms with Crippen LogP contribution in [0.15, 0.2) is 12.1 Å². The summed E-state index contributed by atoms with van der Waals surface area (Å²) in [7, 11) is 1.65. The molecular formula is C18H21NO3. The van der Waals surface area contributed by atoms with Crippen LogP contribution in [0, 0.1) is 11.8 Å². The summed E-state index contributed by atoms with van der Waals surface area (Å²) in [6.07, 6.45) is 4.30. The number of rotatable bonds is 4. The maximum Gasteiger partial charge on any atom is 0.329 e. The first-order valence-electron chi connectivity index (χ1n) is 7.64. The van der Waals surface area contributed by atoms with Crippen molar-refractivity contribution in [3.05, 3.63) is 28.8 Å². The molecular weight excluding hydrogens is 278 g/mol. The topological polar surface area (TPSA) is 46.6 Å². The molecule has 0 bridgehead atoms. The molecule has 0 unspecified atom stereocenters. The predicted molar refractivity (Wildman–Crippen MR) is 85.7 cm³/mol. The fourth-order valence-corrected chi connectivity index (χ4v) is 2.51. The number of hydroxylamine groups is 1. The van der Waals surface area contributed by atoms with Crippen LogP contribution in [0.5, 0.6) is 0 Å². The molecule has 0 heterocycles. The van der Waals surface area contributed by atoms with Crippen molar-refractivity contribution >= 4 is 17.4 Å². The van der Waals surface area contributed by atoms with Crippen molar-refractivity contribution in [2.24, 2.45) is 0 Å². The number of carbonyl (C=O) groups excluding carboxylic acids is 2. The number of hydrogen-bond acceptors (Lipinski definition) is 4.